The van der Waals surface area contributed by atoms with Gasteiger partial charge in [0.1, 0.15) is 5.58 Å². The SMILES string of the molecule is Cc1ccc(N(c2ccc(-c3ccccn3)cc2)c2ccc3oc4c(N(c5ccc(-c6ccccc6)cc5)c5ccc(C)c(C)c5)cc5c(c4c3c2)-c2ccccc2C52C3=C(CCC=N3)c3ccccc32)cc1C. The van der Waals surface area contributed by atoms with Crippen molar-refractivity contribution in [3.05, 3.63) is 263 Å². The molecule has 0 saturated carbocycles. The number of aromatic nitrogens is 1. The second kappa shape index (κ2) is 17.0. The molecular formula is C69H52N4O. The molecule has 0 bridgehead atoms. The first kappa shape index (κ1) is 43.7. The molecule has 0 fully saturated rings. The summed E-state index contributed by atoms with van der Waals surface area (Å²) < 4.78 is 7.46. The van der Waals surface area contributed by atoms with E-state index in [4.69, 9.17) is 9.41 Å². The lowest BCUT2D eigenvalue weighted by Crippen LogP contribution is -2.27. The molecule has 354 valence electrons. The molecule has 2 aliphatic carbocycles. The van der Waals surface area contributed by atoms with E-state index in [-0.39, 0.29) is 0 Å². The number of nitrogens with zero attached hydrogens (tertiary/aromatic N) is 4. The van der Waals surface area contributed by atoms with Gasteiger partial charge in [-0.25, -0.2) is 0 Å². The molecule has 1 atom stereocenters. The summed E-state index contributed by atoms with van der Waals surface area (Å²) in [6.07, 6.45) is 5.86. The second-order valence-corrected chi connectivity index (χ2v) is 20.2. The summed E-state index contributed by atoms with van der Waals surface area (Å²) in [5.41, 5.74) is 26.5. The van der Waals surface area contributed by atoms with E-state index >= 15 is 0 Å². The number of hydrogen-bond donors (Lipinski definition) is 0. The van der Waals surface area contributed by atoms with E-state index in [1.807, 2.05) is 18.3 Å². The summed E-state index contributed by atoms with van der Waals surface area (Å²) in [5.74, 6) is 0. The highest BCUT2D eigenvalue weighted by molar-refractivity contribution is 6.21. The summed E-state index contributed by atoms with van der Waals surface area (Å²) in [6.45, 7) is 8.77. The van der Waals surface area contributed by atoms with Gasteiger partial charge >= 0.3 is 0 Å². The maximum atomic E-state index is 7.46. The van der Waals surface area contributed by atoms with Crippen molar-refractivity contribution < 1.29 is 4.42 Å². The average molecular weight is 953 g/mol. The third-order valence-electron chi connectivity index (χ3n) is 16.1. The van der Waals surface area contributed by atoms with Crippen LogP contribution in [0.4, 0.5) is 34.1 Å². The molecule has 0 N–H and O–H groups in total. The number of pyridine rings is 1. The van der Waals surface area contributed by atoms with Crippen molar-refractivity contribution in [1.29, 1.82) is 0 Å². The fourth-order valence-corrected chi connectivity index (χ4v) is 12.2. The van der Waals surface area contributed by atoms with E-state index in [0.29, 0.717) is 0 Å². The number of fused-ring (bicyclic) bond motifs is 13. The third kappa shape index (κ3) is 6.62. The van der Waals surface area contributed by atoms with Gasteiger partial charge in [-0.2, -0.15) is 0 Å². The van der Waals surface area contributed by atoms with E-state index in [1.54, 1.807) is 0 Å². The van der Waals surface area contributed by atoms with Gasteiger partial charge in [-0.15, -0.1) is 0 Å². The zero-order chi connectivity index (χ0) is 49.7. The van der Waals surface area contributed by atoms with Gasteiger partial charge in [0.25, 0.3) is 0 Å². The highest BCUT2D eigenvalue weighted by Gasteiger charge is 2.54. The molecule has 0 saturated heterocycles. The predicted octanol–water partition coefficient (Wildman–Crippen LogP) is 18.4. The summed E-state index contributed by atoms with van der Waals surface area (Å²) >= 11 is 0. The number of benzene rings is 9. The van der Waals surface area contributed by atoms with Crippen molar-refractivity contribution in [2.24, 2.45) is 4.99 Å². The lowest BCUT2D eigenvalue weighted by atomic mass is 9.72. The first-order valence-corrected chi connectivity index (χ1v) is 25.8. The fraction of sp³-hybridized carbons (Fsp3) is 0.101. The van der Waals surface area contributed by atoms with Gasteiger partial charge in [0.15, 0.2) is 5.58 Å². The largest absolute Gasteiger partial charge is 0.454 e. The van der Waals surface area contributed by atoms with Gasteiger partial charge in [-0.3, -0.25) is 9.98 Å². The molecule has 2 aromatic heterocycles. The van der Waals surface area contributed by atoms with Crippen LogP contribution >= 0.6 is 0 Å². The fourth-order valence-electron chi connectivity index (χ4n) is 12.2. The molecule has 74 heavy (non-hydrogen) atoms. The van der Waals surface area contributed by atoms with Gasteiger partial charge in [0.2, 0.25) is 0 Å². The first-order valence-electron chi connectivity index (χ1n) is 25.8. The maximum absolute atomic E-state index is 7.46. The minimum atomic E-state index is -0.661. The molecule has 3 heterocycles. The van der Waals surface area contributed by atoms with Crippen LogP contribution in [0.5, 0.6) is 0 Å². The van der Waals surface area contributed by atoms with Crippen LogP contribution in [0.2, 0.25) is 0 Å². The molecule has 14 rings (SSSR count). The maximum Gasteiger partial charge on any atom is 0.160 e. The highest BCUT2D eigenvalue weighted by Crippen LogP contribution is 2.66. The molecular weight excluding hydrogens is 901 g/mol. The number of aliphatic imine (C=N–C) groups is 1. The smallest absolute Gasteiger partial charge is 0.160 e. The highest BCUT2D eigenvalue weighted by atomic mass is 16.3. The normalized spacial score (nSPS) is 15.1. The molecule has 1 spiro atoms. The molecule has 5 nitrogen and oxygen atoms in total. The number of allylic oxidation sites excluding steroid dienone is 2. The Kier molecular flexibility index (Phi) is 10.1. The lowest BCUT2D eigenvalue weighted by molar-refractivity contribution is 0.668. The van der Waals surface area contributed by atoms with Crippen LogP contribution in [-0.2, 0) is 5.41 Å². The molecule has 0 radical (unpaired) electrons. The summed E-state index contributed by atoms with van der Waals surface area (Å²) in [4.78, 5) is 14.9. The van der Waals surface area contributed by atoms with Gasteiger partial charge in [-0.1, -0.05) is 121 Å². The Bertz CT molecular complexity index is 4110. The van der Waals surface area contributed by atoms with Crippen molar-refractivity contribution in [2.75, 3.05) is 9.80 Å². The molecule has 0 amide bonds. The number of rotatable bonds is 8. The van der Waals surface area contributed by atoms with E-state index in [0.717, 1.165) is 91.4 Å². The Hall–Kier alpha value is -9.06. The topological polar surface area (TPSA) is 44.9 Å². The van der Waals surface area contributed by atoms with Crippen LogP contribution in [0, 0.1) is 27.7 Å². The standard InChI is InChI=1S/C69H52N4O/c1-43-23-29-52(39-45(43)3)72(50-33-27-49(28-34-50)62-22-12-13-37-70-62)54-35-36-64-58(41-54)66-65-57-18-9-11-21-60(57)69(59-20-10-8-17-55(59)56-19-14-38-71-68(56)69)61(65)42-63(67(66)74-64)73(53-30-24-44(2)46(4)40-53)51-31-25-48(26-32-51)47-15-6-5-7-16-47/h5-13,15-18,20-42H,14,19H2,1-4H3. The van der Waals surface area contributed by atoms with Crippen LogP contribution in [0.25, 0.3) is 61.0 Å². The summed E-state index contributed by atoms with van der Waals surface area (Å²) in [5, 5.41) is 2.14. The molecule has 11 aromatic rings. The Morgan fingerprint density at radius 3 is 1.76 bits per heavy atom. The van der Waals surface area contributed by atoms with Crippen molar-refractivity contribution in [3.63, 3.8) is 0 Å². The zero-order valence-corrected chi connectivity index (χ0v) is 41.9. The molecule has 5 heteroatoms. The van der Waals surface area contributed by atoms with Gasteiger partial charge in [0.05, 0.1) is 22.5 Å². The van der Waals surface area contributed by atoms with Gasteiger partial charge in [0, 0.05) is 57.2 Å². The van der Waals surface area contributed by atoms with Crippen molar-refractivity contribution in [3.8, 4) is 33.5 Å². The monoisotopic (exact) mass is 952 g/mol. The summed E-state index contributed by atoms with van der Waals surface area (Å²) in [6, 6.07) is 75.5. The van der Waals surface area contributed by atoms with Crippen LogP contribution in [0.1, 0.15) is 57.3 Å². The molecule has 1 aliphatic heterocycles. The minimum absolute atomic E-state index is 0.661. The Morgan fingerprint density at radius 2 is 1.05 bits per heavy atom. The van der Waals surface area contributed by atoms with Crippen LogP contribution in [0.3, 0.4) is 0 Å². The second-order valence-electron chi connectivity index (χ2n) is 20.2. The minimum Gasteiger partial charge on any atom is -0.454 e. The van der Waals surface area contributed by atoms with Crippen molar-refractivity contribution in [1.82, 2.24) is 4.98 Å². The van der Waals surface area contributed by atoms with Crippen LogP contribution in [0.15, 0.2) is 228 Å². The number of anilines is 6. The van der Waals surface area contributed by atoms with Gasteiger partial charge < -0.3 is 14.2 Å². The van der Waals surface area contributed by atoms with E-state index in [1.165, 1.54) is 66.8 Å². The predicted molar refractivity (Wildman–Crippen MR) is 307 cm³/mol. The Balaban J connectivity index is 1.08. The number of hydrogen-bond acceptors (Lipinski definition) is 5. The van der Waals surface area contributed by atoms with E-state index < -0.39 is 5.41 Å². The molecule has 1 unspecified atom stereocenters. The molecule has 9 aromatic carbocycles. The third-order valence-corrected chi connectivity index (χ3v) is 16.1. The quantitative estimate of drug-likeness (QED) is 0.152. The average Bonchev–Trinajstić information content (AvgIpc) is 4.18. The Morgan fingerprint density at radius 1 is 0.473 bits per heavy atom. The van der Waals surface area contributed by atoms with Crippen LogP contribution in [-0.4, -0.2) is 11.2 Å². The first-order chi connectivity index (χ1) is 36.3. The van der Waals surface area contributed by atoms with Crippen molar-refractivity contribution in [2.45, 2.75) is 46.0 Å². The van der Waals surface area contributed by atoms with E-state index in [9.17, 15) is 0 Å². The number of furan rings is 1. The van der Waals surface area contributed by atoms with Gasteiger partial charge in [-0.05, 0) is 198 Å². The Labute approximate surface area is 432 Å². The van der Waals surface area contributed by atoms with Crippen molar-refractivity contribution >= 4 is 67.9 Å². The number of aryl methyl sites for hydroxylation is 4. The molecule has 3 aliphatic rings. The lowest BCUT2D eigenvalue weighted by Gasteiger charge is -2.33. The van der Waals surface area contributed by atoms with Crippen LogP contribution < -0.4 is 9.80 Å². The van der Waals surface area contributed by atoms with E-state index in [2.05, 4.69) is 243 Å². The zero-order valence-electron chi connectivity index (χ0n) is 41.9. The summed E-state index contributed by atoms with van der Waals surface area (Å²) in [7, 11) is 0.